The molecule has 0 saturated carbocycles. The van der Waals surface area contributed by atoms with E-state index in [2.05, 4.69) is 15.5 Å². The van der Waals surface area contributed by atoms with Gasteiger partial charge in [0.2, 0.25) is 5.13 Å². The van der Waals surface area contributed by atoms with E-state index in [1.54, 1.807) is 5.38 Å². The monoisotopic (exact) mass is 378 g/mol. The Morgan fingerprint density at radius 2 is 1.88 bits per heavy atom. The van der Waals surface area contributed by atoms with Gasteiger partial charge in [0.05, 0.1) is 6.21 Å². The van der Waals surface area contributed by atoms with Crippen LogP contribution in [0.4, 0.5) is 24.1 Å². The van der Waals surface area contributed by atoms with Crippen molar-refractivity contribution in [2.24, 2.45) is 5.10 Å². The quantitative estimate of drug-likeness (QED) is 0.499. The number of halogens is 3. The van der Waals surface area contributed by atoms with Crippen molar-refractivity contribution in [3.8, 4) is 5.75 Å². The Morgan fingerprint density at radius 1 is 1.12 bits per heavy atom. The second kappa shape index (κ2) is 7.87. The van der Waals surface area contributed by atoms with Crippen LogP contribution in [0, 0.1) is 17.5 Å². The van der Waals surface area contributed by atoms with Crippen LogP contribution in [0.1, 0.15) is 11.1 Å². The van der Waals surface area contributed by atoms with Crippen LogP contribution in [0.3, 0.4) is 0 Å². The van der Waals surface area contributed by atoms with Crippen molar-refractivity contribution in [3.63, 3.8) is 0 Å². The fraction of sp³-hybridized carbons (Fsp3) is 0.0588. The second-order valence-electron chi connectivity index (χ2n) is 5.20. The molecule has 0 fully saturated rings. The highest BCUT2D eigenvalue weighted by atomic mass is 32.1. The van der Waals surface area contributed by atoms with Gasteiger partial charge in [-0.05, 0) is 29.8 Å². The topological polar surface area (TPSA) is 72.5 Å². The normalized spacial score (nSPS) is 11.0. The number of nitrogen functional groups attached to an aromatic ring is 1. The van der Waals surface area contributed by atoms with Crippen LogP contribution in [0.15, 0.2) is 46.9 Å². The first-order valence-corrected chi connectivity index (χ1v) is 8.25. The predicted molar refractivity (Wildman–Crippen MR) is 94.8 cm³/mol. The molecule has 0 spiro atoms. The Hall–Kier alpha value is -3.07. The third kappa shape index (κ3) is 4.73. The number of hydrogen-bond acceptors (Lipinski definition) is 6. The summed E-state index contributed by atoms with van der Waals surface area (Å²) in [6.07, 6.45) is 1.42. The van der Waals surface area contributed by atoms with E-state index < -0.39 is 17.5 Å². The smallest absolute Gasteiger partial charge is 0.205 e. The molecule has 0 amide bonds. The van der Waals surface area contributed by atoms with E-state index >= 15 is 0 Å². The lowest BCUT2D eigenvalue weighted by molar-refractivity contribution is 0.302. The lowest BCUT2D eigenvalue weighted by Crippen LogP contribution is -2.01. The fourth-order valence-corrected chi connectivity index (χ4v) is 2.64. The van der Waals surface area contributed by atoms with Gasteiger partial charge in [0.25, 0.3) is 0 Å². The van der Waals surface area contributed by atoms with Gasteiger partial charge in [-0.2, -0.15) is 5.10 Å². The molecule has 0 bridgehead atoms. The number of benzene rings is 2. The predicted octanol–water partition coefficient (Wildman–Crippen LogP) is 4.17. The summed E-state index contributed by atoms with van der Waals surface area (Å²) in [7, 11) is 0. The number of nitrogens with zero attached hydrogens (tertiary/aromatic N) is 2. The van der Waals surface area contributed by atoms with Gasteiger partial charge < -0.3 is 10.5 Å². The number of thiazole rings is 1. The van der Waals surface area contributed by atoms with Crippen molar-refractivity contribution in [2.45, 2.75) is 6.61 Å². The van der Waals surface area contributed by atoms with E-state index in [-0.39, 0.29) is 17.9 Å². The minimum atomic E-state index is -0.712. The number of nitrogens with two attached hydrogens (primary N) is 1. The molecule has 26 heavy (non-hydrogen) atoms. The average Bonchev–Trinajstić information content (AvgIpc) is 2.99. The maximum Gasteiger partial charge on any atom is 0.205 e. The molecule has 0 saturated heterocycles. The second-order valence-corrected chi connectivity index (χ2v) is 6.05. The van der Waals surface area contributed by atoms with Crippen LogP contribution in [-0.2, 0) is 6.61 Å². The molecule has 0 aliphatic rings. The van der Waals surface area contributed by atoms with Gasteiger partial charge in [-0.3, -0.25) is 5.43 Å². The Morgan fingerprint density at radius 3 is 2.58 bits per heavy atom. The Bertz CT molecular complexity index is 925. The summed E-state index contributed by atoms with van der Waals surface area (Å²) in [5, 5.41) is 6.15. The number of aromatic nitrogens is 1. The maximum atomic E-state index is 13.5. The summed E-state index contributed by atoms with van der Waals surface area (Å²) in [5.74, 6) is -1.38. The lowest BCUT2D eigenvalue weighted by atomic mass is 10.2. The first-order chi connectivity index (χ1) is 12.5. The van der Waals surface area contributed by atoms with Crippen molar-refractivity contribution >= 4 is 28.5 Å². The fourth-order valence-electron chi connectivity index (χ4n) is 2.09. The molecule has 0 radical (unpaired) electrons. The molecule has 3 aromatic rings. The third-order valence-corrected chi connectivity index (χ3v) is 3.94. The molecule has 9 heteroatoms. The van der Waals surface area contributed by atoms with E-state index in [9.17, 15) is 13.2 Å². The highest BCUT2D eigenvalue weighted by Gasteiger charge is 2.07. The first-order valence-electron chi connectivity index (χ1n) is 7.37. The zero-order chi connectivity index (χ0) is 18.5. The van der Waals surface area contributed by atoms with Crippen molar-refractivity contribution in [1.29, 1.82) is 0 Å². The standard InChI is InChI=1S/C17H13F3N4OS/c18-12-2-1-11(7-22-24-17-23-16(21)9-26-17)15(6-12)25-8-10-3-13(19)5-14(20)4-10/h1-7,9H,8,21H2,(H,23,24). The summed E-state index contributed by atoms with van der Waals surface area (Å²) in [4.78, 5) is 3.98. The molecule has 0 aliphatic carbocycles. The zero-order valence-electron chi connectivity index (χ0n) is 13.2. The van der Waals surface area contributed by atoms with Crippen molar-refractivity contribution in [1.82, 2.24) is 4.98 Å². The average molecular weight is 378 g/mol. The molecular weight excluding hydrogens is 365 g/mol. The van der Waals surface area contributed by atoms with Crippen molar-refractivity contribution in [3.05, 3.63) is 70.4 Å². The largest absolute Gasteiger partial charge is 0.488 e. The number of rotatable bonds is 6. The number of ether oxygens (including phenoxy) is 1. The Kier molecular flexibility index (Phi) is 5.37. The van der Waals surface area contributed by atoms with Crippen LogP contribution in [0.5, 0.6) is 5.75 Å². The SMILES string of the molecule is Nc1csc(NN=Cc2ccc(F)cc2OCc2cc(F)cc(F)c2)n1. The molecule has 3 rings (SSSR count). The highest BCUT2D eigenvalue weighted by Crippen LogP contribution is 2.21. The molecule has 134 valence electrons. The minimum absolute atomic E-state index is 0.130. The molecule has 0 aliphatic heterocycles. The molecule has 3 N–H and O–H groups in total. The molecule has 2 aromatic carbocycles. The van der Waals surface area contributed by atoms with Gasteiger partial charge in [0, 0.05) is 23.1 Å². The van der Waals surface area contributed by atoms with E-state index in [4.69, 9.17) is 10.5 Å². The summed E-state index contributed by atoms with van der Waals surface area (Å²) in [6, 6.07) is 6.93. The zero-order valence-corrected chi connectivity index (χ0v) is 14.1. The van der Waals surface area contributed by atoms with Crippen LogP contribution in [-0.4, -0.2) is 11.2 Å². The van der Waals surface area contributed by atoms with Gasteiger partial charge in [0.1, 0.15) is 35.6 Å². The summed E-state index contributed by atoms with van der Waals surface area (Å²) >= 11 is 1.28. The molecular formula is C17H13F3N4OS. The van der Waals surface area contributed by atoms with Gasteiger partial charge in [-0.15, -0.1) is 11.3 Å². The first kappa shape index (κ1) is 17.7. The number of hydrazone groups is 1. The van der Waals surface area contributed by atoms with Gasteiger partial charge in [-0.25, -0.2) is 18.2 Å². The van der Waals surface area contributed by atoms with Gasteiger partial charge in [0.15, 0.2) is 0 Å². The third-order valence-electron chi connectivity index (χ3n) is 3.18. The van der Waals surface area contributed by atoms with E-state index in [0.717, 1.165) is 18.2 Å². The maximum absolute atomic E-state index is 13.5. The van der Waals surface area contributed by atoms with Crippen LogP contribution < -0.4 is 15.9 Å². The van der Waals surface area contributed by atoms with Gasteiger partial charge >= 0.3 is 0 Å². The summed E-state index contributed by atoms with van der Waals surface area (Å²) in [6.45, 7) is -0.130. The highest BCUT2D eigenvalue weighted by molar-refractivity contribution is 7.14. The van der Waals surface area contributed by atoms with Crippen LogP contribution in [0.25, 0.3) is 0 Å². The number of hydrogen-bond donors (Lipinski definition) is 2. The Labute approximate surface area is 151 Å². The van der Waals surface area contributed by atoms with Crippen molar-refractivity contribution < 1.29 is 17.9 Å². The minimum Gasteiger partial charge on any atom is -0.488 e. The summed E-state index contributed by atoms with van der Waals surface area (Å²) in [5.41, 5.74) is 8.96. The molecule has 0 unspecified atom stereocenters. The van der Waals surface area contributed by atoms with Crippen LogP contribution >= 0.6 is 11.3 Å². The molecule has 1 heterocycles. The molecule has 5 nitrogen and oxygen atoms in total. The number of nitrogens with one attached hydrogen (secondary N) is 1. The van der Waals surface area contributed by atoms with Crippen LogP contribution in [0.2, 0.25) is 0 Å². The molecule has 0 atom stereocenters. The molecule has 1 aromatic heterocycles. The van der Waals surface area contributed by atoms with Gasteiger partial charge in [-0.1, -0.05) is 0 Å². The van der Waals surface area contributed by atoms with E-state index in [1.165, 1.54) is 35.8 Å². The number of anilines is 2. The summed E-state index contributed by atoms with van der Waals surface area (Å²) < 4.78 is 45.5. The van der Waals surface area contributed by atoms with Crippen molar-refractivity contribution in [2.75, 3.05) is 11.2 Å². The Balaban J connectivity index is 1.72. The van der Waals surface area contributed by atoms with E-state index in [1.807, 2.05) is 0 Å². The van der Waals surface area contributed by atoms with E-state index in [0.29, 0.717) is 16.5 Å². The lowest BCUT2D eigenvalue weighted by Gasteiger charge is -2.09.